The molecule has 0 atom stereocenters. The lowest BCUT2D eigenvalue weighted by atomic mass is 9.98. The van der Waals surface area contributed by atoms with Gasteiger partial charge in [0.15, 0.2) is 0 Å². The molecule has 0 bridgehead atoms. The molecule has 0 amide bonds. The van der Waals surface area contributed by atoms with Gasteiger partial charge in [-0.1, -0.05) is 23.4 Å². The number of carbonyl (C=O) groups excluding carboxylic acids is 1. The summed E-state index contributed by atoms with van der Waals surface area (Å²) >= 11 is 0. The molecule has 1 heterocycles. The summed E-state index contributed by atoms with van der Waals surface area (Å²) in [5, 5.41) is 16.9. The number of nitrogens with zero attached hydrogens (tertiary/aromatic N) is 3. The van der Waals surface area contributed by atoms with Crippen LogP contribution in [0.4, 0.5) is 0 Å². The molecule has 0 saturated carbocycles. The monoisotopic (exact) mass is 304 g/mol. The third kappa shape index (κ3) is 3.90. The minimum absolute atomic E-state index is 0.163. The van der Waals surface area contributed by atoms with Crippen molar-refractivity contribution >= 4 is 5.97 Å². The van der Waals surface area contributed by atoms with E-state index in [-0.39, 0.29) is 12.6 Å². The first-order valence-corrected chi connectivity index (χ1v) is 6.96. The van der Waals surface area contributed by atoms with Gasteiger partial charge in [0.1, 0.15) is 5.69 Å². The van der Waals surface area contributed by atoms with Gasteiger partial charge in [0.25, 0.3) is 0 Å². The van der Waals surface area contributed by atoms with Crippen LogP contribution >= 0.6 is 0 Å². The van der Waals surface area contributed by atoms with E-state index in [0.29, 0.717) is 12.2 Å². The first kappa shape index (κ1) is 16.1. The fourth-order valence-electron chi connectivity index (χ4n) is 1.70. The first-order chi connectivity index (χ1) is 10.4. The molecule has 118 valence electrons. The second kappa shape index (κ2) is 6.67. The smallest absolute Gasteiger partial charge is 0.329 e. The Kier molecular flexibility index (Phi) is 4.89. The number of aliphatic hydroxyl groups is 1. The summed E-state index contributed by atoms with van der Waals surface area (Å²) in [6.45, 7) is 5.54. The molecule has 1 aromatic heterocycles. The number of hydrogen-bond donors (Lipinski definition) is 2. The highest BCUT2D eigenvalue weighted by atomic mass is 16.7. The molecule has 2 rings (SSSR count). The van der Waals surface area contributed by atoms with Crippen LogP contribution in [0, 0.1) is 5.41 Å². The van der Waals surface area contributed by atoms with Gasteiger partial charge in [-0.25, -0.2) is 9.48 Å². The molecule has 2 N–H and O–H groups in total. The first-order valence-electron chi connectivity index (χ1n) is 6.96. The molecule has 7 heteroatoms. The van der Waals surface area contributed by atoms with Crippen LogP contribution in [-0.4, -0.2) is 26.1 Å². The van der Waals surface area contributed by atoms with Gasteiger partial charge in [-0.05, 0) is 32.4 Å². The van der Waals surface area contributed by atoms with Gasteiger partial charge in [0.05, 0.1) is 30.5 Å². The van der Waals surface area contributed by atoms with Crippen molar-refractivity contribution in [2.75, 3.05) is 0 Å². The maximum absolute atomic E-state index is 11.7. The largest absolute Gasteiger partial charge is 0.390 e. The van der Waals surface area contributed by atoms with Gasteiger partial charge >= 0.3 is 5.97 Å². The molecule has 0 aliphatic heterocycles. The summed E-state index contributed by atoms with van der Waals surface area (Å²) in [5.41, 5.74) is 4.29. The summed E-state index contributed by atoms with van der Waals surface area (Å²) < 4.78 is 1.58. The predicted octanol–water partition coefficient (Wildman–Crippen LogP) is 1.35. The van der Waals surface area contributed by atoms with Gasteiger partial charge in [0, 0.05) is 0 Å². The highest BCUT2D eigenvalue weighted by Gasteiger charge is 2.23. The molecular formula is C15H20N4O3. The van der Waals surface area contributed by atoms with E-state index in [0.717, 1.165) is 11.3 Å². The standard InChI is InChI=1S/C15H20N4O3/c1-15(2,3)14(21)22-16-8-11-6-4-5-7-13(11)19-9-12(10-20)17-18-19/h4-7,9,16,20H,8,10H2,1-3H3. The Labute approximate surface area is 128 Å². The van der Waals surface area contributed by atoms with Gasteiger partial charge in [-0.2, -0.15) is 0 Å². The Morgan fingerprint density at radius 1 is 1.36 bits per heavy atom. The minimum atomic E-state index is -0.561. The zero-order valence-electron chi connectivity index (χ0n) is 12.9. The van der Waals surface area contributed by atoms with Crippen molar-refractivity contribution in [3.05, 3.63) is 41.7 Å². The molecule has 0 fully saturated rings. The lowest BCUT2D eigenvalue weighted by molar-refractivity contribution is -0.161. The number of carbonyl (C=O) groups is 1. The fraction of sp³-hybridized carbons (Fsp3) is 0.400. The molecule has 0 aliphatic rings. The minimum Gasteiger partial charge on any atom is -0.390 e. The Balaban J connectivity index is 2.07. The Bertz CT molecular complexity index is 646. The molecule has 0 saturated heterocycles. The number of hydrogen-bond acceptors (Lipinski definition) is 6. The maximum atomic E-state index is 11.7. The van der Waals surface area contributed by atoms with Crippen molar-refractivity contribution < 1.29 is 14.7 Å². The lowest BCUT2D eigenvalue weighted by Crippen LogP contribution is -2.29. The Morgan fingerprint density at radius 3 is 2.73 bits per heavy atom. The summed E-state index contributed by atoms with van der Waals surface area (Å²) in [6.07, 6.45) is 1.65. The quantitative estimate of drug-likeness (QED) is 0.811. The summed E-state index contributed by atoms with van der Waals surface area (Å²) in [4.78, 5) is 16.8. The number of para-hydroxylation sites is 1. The molecule has 2 aromatic rings. The van der Waals surface area contributed by atoms with E-state index in [1.165, 1.54) is 0 Å². The SMILES string of the molecule is CC(C)(C)C(=O)ONCc1ccccc1-n1cc(CO)nn1. The average molecular weight is 304 g/mol. The van der Waals surface area contributed by atoms with Crippen LogP contribution < -0.4 is 5.48 Å². The number of hydroxylamine groups is 1. The second-order valence-corrected chi connectivity index (χ2v) is 5.90. The molecule has 0 radical (unpaired) electrons. The van der Waals surface area contributed by atoms with Crippen LogP contribution in [0.25, 0.3) is 5.69 Å². The number of rotatable bonds is 5. The predicted molar refractivity (Wildman–Crippen MR) is 79.7 cm³/mol. The highest BCUT2D eigenvalue weighted by molar-refractivity contribution is 5.75. The molecule has 7 nitrogen and oxygen atoms in total. The van der Waals surface area contributed by atoms with Gasteiger partial charge in [-0.3, -0.25) is 0 Å². The van der Waals surface area contributed by atoms with Crippen LogP contribution in [0.15, 0.2) is 30.5 Å². The van der Waals surface area contributed by atoms with E-state index in [1.807, 2.05) is 24.3 Å². The van der Waals surface area contributed by atoms with E-state index >= 15 is 0 Å². The summed E-state index contributed by atoms with van der Waals surface area (Å²) in [6, 6.07) is 7.53. The molecule has 22 heavy (non-hydrogen) atoms. The van der Waals surface area contributed by atoms with Crippen molar-refractivity contribution in [1.29, 1.82) is 0 Å². The maximum Gasteiger partial charge on any atom is 0.329 e. The molecule has 1 aromatic carbocycles. The van der Waals surface area contributed by atoms with Crippen LogP contribution in [0.3, 0.4) is 0 Å². The molecule has 0 aliphatic carbocycles. The third-order valence-corrected chi connectivity index (χ3v) is 2.98. The van der Waals surface area contributed by atoms with Gasteiger partial charge in [-0.15, -0.1) is 10.6 Å². The van der Waals surface area contributed by atoms with Crippen LogP contribution in [-0.2, 0) is 22.8 Å². The molecule has 0 spiro atoms. The second-order valence-electron chi connectivity index (χ2n) is 5.90. The van der Waals surface area contributed by atoms with E-state index in [2.05, 4.69) is 15.8 Å². The molecular weight excluding hydrogens is 284 g/mol. The van der Waals surface area contributed by atoms with Gasteiger partial charge in [0.2, 0.25) is 0 Å². The van der Waals surface area contributed by atoms with E-state index < -0.39 is 5.41 Å². The topological polar surface area (TPSA) is 89.3 Å². The van der Waals surface area contributed by atoms with E-state index in [1.54, 1.807) is 31.6 Å². The van der Waals surface area contributed by atoms with E-state index in [9.17, 15) is 4.79 Å². The number of nitrogens with one attached hydrogen (secondary N) is 1. The lowest BCUT2D eigenvalue weighted by Gasteiger charge is -2.16. The van der Waals surface area contributed by atoms with E-state index in [4.69, 9.17) is 9.94 Å². The average Bonchev–Trinajstić information content (AvgIpc) is 2.95. The van der Waals surface area contributed by atoms with Crippen molar-refractivity contribution in [2.45, 2.75) is 33.9 Å². The zero-order chi connectivity index (χ0) is 16.2. The van der Waals surface area contributed by atoms with Crippen LogP contribution in [0.2, 0.25) is 0 Å². The Hall–Kier alpha value is -2.25. The molecule has 0 unspecified atom stereocenters. The van der Waals surface area contributed by atoms with Crippen molar-refractivity contribution in [3.63, 3.8) is 0 Å². The zero-order valence-corrected chi connectivity index (χ0v) is 12.9. The van der Waals surface area contributed by atoms with Crippen molar-refractivity contribution in [3.8, 4) is 5.69 Å². The Morgan fingerprint density at radius 2 is 2.09 bits per heavy atom. The highest BCUT2D eigenvalue weighted by Crippen LogP contribution is 2.16. The number of aromatic nitrogens is 3. The normalized spacial score (nSPS) is 11.5. The fourth-order valence-corrected chi connectivity index (χ4v) is 1.70. The van der Waals surface area contributed by atoms with Crippen LogP contribution in [0.1, 0.15) is 32.0 Å². The summed E-state index contributed by atoms with van der Waals surface area (Å²) in [5.74, 6) is -0.326. The number of aliphatic hydroxyl groups excluding tert-OH is 1. The number of benzene rings is 1. The van der Waals surface area contributed by atoms with Crippen molar-refractivity contribution in [1.82, 2.24) is 20.5 Å². The van der Waals surface area contributed by atoms with Crippen molar-refractivity contribution in [2.24, 2.45) is 5.41 Å². The van der Waals surface area contributed by atoms with Crippen LogP contribution in [0.5, 0.6) is 0 Å². The third-order valence-electron chi connectivity index (χ3n) is 2.98. The summed E-state index contributed by atoms with van der Waals surface area (Å²) in [7, 11) is 0. The van der Waals surface area contributed by atoms with Gasteiger partial charge < -0.3 is 9.94 Å².